The van der Waals surface area contributed by atoms with Gasteiger partial charge in [-0.15, -0.1) is 0 Å². The summed E-state index contributed by atoms with van der Waals surface area (Å²) in [5.41, 5.74) is 1.02. The number of carbonyl (C=O) groups is 1. The van der Waals surface area contributed by atoms with Crippen molar-refractivity contribution in [2.75, 3.05) is 19.8 Å². The summed E-state index contributed by atoms with van der Waals surface area (Å²) in [6.07, 6.45) is 0.558. The molecule has 1 aliphatic rings. The molecule has 122 valence electrons. The number of amides is 1. The van der Waals surface area contributed by atoms with E-state index in [1.54, 1.807) is 0 Å². The van der Waals surface area contributed by atoms with E-state index < -0.39 is 0 Å². The molecule has 22 heavy (non-hydrogen) atoms. The van der Waals surface area contributed by atoms with Crippen LogP contribution in [0.3, 0.4) is 0 Å². The summed E-state index contributed by atoms with van der Waals surface area (Å²) < 4.78 is 6.59. The number of hydrogen-bond donors (Lipinski definition) is 0. The van der Waals surface area contributed by atoms with Gasteiger partial charge in [-0.05, 0) is 43.4 Å². The fourth-order valence-electron chi connectivity index (χ4n) is 3.07. The van der Waals surface area contributed by atoms with Crippen LogP contribution in [0.5, 0.6) is 0 Å². The molecule has 1 aromatic rings. The lowest BCUT2D eigenvalue weighted by atomic mass is 9.85. The van der Waals surface area contributed by atoms with Gasteiger partial charge in [-0.3, -0.25) is 4.79 Å². The fraction of sp³-hybridized carbons (Fsp3) is 0.611. The maximum Gasteiger partial charge on any atom is 0.223 e. The number of ether oxygens (including phenoxy) is 1. The second-order valence-electron chi connectivity index (χ2n) is 7.02. The Bertz CT molecular complexity index is 510. The van der Waals surface area contributed by atoms with Crippen LogP contribution in [0, 0.1) is 5.92 Å². The monoisotopic (exact) mass is 367 g/mol. The Morgan fingerprint density at radius 3 is 2.50 bits per heavy atom. The van der Waals surface area contributed by atoms with Crippen molar-refractivity contribution in [2.24, 2.45) is 5.92 Å². The quantitative estimate of drug-likeness (QED) is 0.797. The lowest BCUT2D eigenvalue weighted by Gasteiger charge is -2.43. The minimum atomic E-state index is -0.212. The van der Waals surface area contributed by atoms with Crippen LogP contribution in [0.2, 0.25) is 0 Å². The molecule has 1 saturated heterocycles. The summed E-state index contributed by atoms with van der Waals surface area (Å²) in [5.74, 6) is 0.906. The summed E-state index contributed by atoms with van der Waals surface area (Å²) >= 11 is 3.47. The Labute approximate surface area is 142 Å². The molecule has 0 aliphatic carbocycles. The van der Waals surface area contributed by atoms with Gasteiger partial charge in [0.05, 0.1) is 18.8 Å². The third-order valence-electron chi connectivity index (χ3n) is 4.44. The first-order chi connectivity index (χ1) is 10.3. The average molecular weight is 368 g/mol. The number of benzene rings is 1. The van der Waals surface area contributed by atoms with Crippen molar-refractivity contribution >= 4 is 21.8 Å². The molecular weight excluding hydrogens is 342 g/mol. The van der Waals surface area contributed by atoms with E-state index >= 15 is 0 Å². The van der Waals surface area contributed by atoms with E-state index in [4.69, 9.17) is 4.74 Å². The molecule has 0 aromatic heterocycles. The van der Waals surface area contributed by atoms with Crippen molar-refractivity contribution < 1.29 is 9.53 Å². The number of nitrogens with zero attached hydrogens (tertiary/aromatic N) is 1. The van der Waals surface area contributed by atoms with Gasteiger partial charge in [0.15, 0.2) is 0 Å². The Morgan fingerprint density at radius 1 is 1.32 bits per heavy atom. The third-order valence-corrected chi connectivity index (χ3v) is 4.97. The molecule has 1 atom stereocenters. The first-order valence-corrected chi connectivity index (χ1v) is 8.74. The topological polar surface area (TPSA) is 29.5 Å². The van der Waals surface area contributed by atoms with Gasteiger partial charge >= 0.3 is 0 Å². The molecule has 0 spiro atoms. The minimum Gasteiger partial charge on any atom is -0.377 e. The van der Waals surface area contributed by atoms with Crippen LogP contribution in [0.1, 0.15) is 45.6 Å². The summed E-state index contributed by atoms with van der Waals surface area (Å²) in [7, 11) is 0. The van der Waals surface area contributed by atoms with E-state index in [1.165, 1.54) is 5.56 Å². The van der Waals surface area contributed by atoms with E-state index in [-0.39, 0.29) is 17.4 Å². The number of halogens is 1. The molecule has 1 fully saturated rings. The zero-order valence-electron chi connectivity index (χ0n) is 13.9. The highest BCUT2D eigenvalue weighted by atomic mass is 79.9. The molecule has 0 N–H and O–H groups in total. The van der Waals surface area contributed by atoms with Crippen molar-refractivity contribution in [2.45, 2.75) is 45.6 Å². The second-order valence-corrected chi connectivity index (χ2v) is 7.93. The zero-order valence-corrected chi connectivity index (χ0v) is 15.5. The van der Waals surface area contributed by atoms with Crippen molar-refractivity contribution in [1.29, 1.82) is 0 Å². The number of morpholine rings is 1. The summed E-state index contributed by atoms with van der Waals surface area (Å²) in [6.45, 7) is 10.5. The van der Waals surface area contributed by atoms with Crippen LogP contribution in [0.15, 0.2) is 28.7 Å². The zero-order chi connectivity index (χ0) is 16.3. The first-order valence-electron chi connectivity index (χ1n) is 7.95. The van der Waals surface area contributed by atoms with Gasteiger partial charge in [-0.2, -0.15) is 0 Å². The number of carbonyl (C=O) groups excluding carboxylic acids is 1. The highest BCUT2D eigenvalue weighted by Crippen LogP contribution is 2.31. The predicted molar refractivity (Wildman–Crippen MR) is 92.9 cm³/mol. The highest BCUT2D eigenvalue weighted by molar-refractivity contribution is 9.10. The van der Waals surface area contributed by atoms with Crippen molar-refractivity contribution in [3.63, 3.8) is 0 Å². The smallest absolute Gasteiger partial charge is 0.223 e. The molecule has 0 bridgehead atoms. The number of rotatable bonds is 4. The number of hydrogen-bond acceptors (Lipinski definition) is 2. The molecular formula is C18H26BrNO2. The van der Waals surface area contributed by atoms with E-state index in [0.29, 0.717) is 32.1 Å². The third kappa shape index (κ3) is 4.11. The van der Waals surface area contributed by atoms with E-state index in [0.717, 1.165) is 4.47 Å². The summed E-state index contributed by atoms with van der Waals surface area (Å²) in [4.78, 5) is 14.8. The lowest BCUT2D eigenvalue weighted by Crippen LogP contribution is -2.55. The van der Waals surface area contributed by atoms with Gasteiger partial charge < -0.3 is 9.64 Å². The molecule has 1 unspecified atom stereocenters. The van der Waals surface area contributed by atoms with Crippen LogP contribution in [-0.4, -0.2) is 36.1 Å². The molecule has 3 nitrogen and oxygen atoms in total. The Balaban J connectivity index is 2.14. The standard InChI is InChI=1S/C18H26BrNO2/c1-13(2)16(14-5-7-15(19)8-6-14)11-17(21)20-9-10-22-12-18(20,3)4/h5-8,13,16H,9-12H2,1-4H3. The minimum absolute atomic E-state index is 0.212. The van der Waals surface area contributed by atoms with Gasteiger partial charge in [-0.1, -0.05) is 41.9 Å². The molecule has 1 aliphatic heterocycles. The maximum absolute atomic E-state index is 12.8. The highest BCUT2D eigenvalue weighted by Gasteiger charge is 2.35. The van der Waals surface area contributed by atoms with Crippen molar-refractivity contribution in [3.8, 4) is 0 Å². The lowest BCUT2D eigenvalue weighted by molar-refractivity contribution is -0.146. The summed E-state index contributed by atoms with van der Waals surface area (Å²) in [6, 6.07) is 8.33. The second kappa shape index (κ2) is 7.14. The molecule has 1 heterocycles. The van der Waals surface area contributed by atoms with Crippen molar-refractivity contribution in [1.82, 2.24) is 4.90 Å². The Kier molecular flexibility index (Phi) is 5.67. The Morgan fingerprint density at radius 2 is 1.95 bits per heavy atom. The van der Waals surface area contributed by atoms with E-state index in [2.05, 4.69) is 55.8 Å². The van der Waals surface area contributed by atoms with Crippen LogP contribution < -0.4 is 0 Å². The van der Waals surface area contributed by atoms with Crippen LogP contribution in [-0.2, 0) is 9.53 Å². The Hall–Kier alpha value is -0.870. The first kappa shape index (κ1) is 17.5. The molecule has 1 aromatic carbocycles. The molecule has 4 heteroatoms. The van der Waals surface area contributed by atoms with Gasteiger partial charge in [-0.25, -0.2) is 0 Å². The molecule has 2 rings (SSSR count). The average Bonchev–Trinajstić information content (AvgIpc) is 2.45. The van der Waals surface area contributed by atoms with Crippen LogP contribution in [0.4, 0.5) is 0 Å². The maximum atomic E-state index is 12.8. The summed E-state index contributed by atoms with van der Waals surface area (Å²) in [5, 5.41) is 0. The van der Waals surface area contributed by atoms with Crippen molar-refractivity contribution in [3.05, 3.63) is 34.3 Å². The van der Waals surface area contributed by atoms with Gasteiger partial charge in [0, 0.05) is 17.4 Å². The molecule has 0 radical (unpaired) electrons. The van der Waals surface area contributed by atoms with Gasteiger partial charge in [0.2, 0.25) is 5.91 Å². The van der Waals surface area contributed by atoms with Gasteiger partial charge in [0.25, 0.3) is 0 Å². The van der Waals surface area contributed by atoms with E-state index in [1.807, 2.05) is 17.0 Å². The van der Waals surface area contributed by atoms with Crippen LogP contribution in [0.25, 0.3) is 0 Å². The molecule has 0 saturated carbocycles. The predicted octanol–water partition coefficient (Wildman–Crippen LogP) is 4.22. The fourth-order valence-corrected chi connectivity index (χ4v) is 3.33. The SMILES string of the molecule is CC(C)C(CC(=O)N1CCOCC1(C)C)c1ccc(Br)cc1. The van der Waals surface area contributed by atoms with E-state index in [9.17, 15) is 4.79 Å². The largest absolute Gasteiger partial charge is 0.377 e. The van der Waals surface area contributed by atoms with Gasteiger partial charge in [0.1, 0.15) is 0 Å². The molecule has 1 amide bonds. The van der Waals surface area contributed by atoms with Crippen LogP contribution >= 0.6 is 15.9 Å². The normalized spacial score (nSPS) is 19.3.